The van der Waals surface area contributed by atoms with Gasteiger partial charge in [-0.15, -0.1) is 0 Å². The summed E-state index contributed by atoms with van der Waals surface area (Å²) in [6.07, 6.45) is 0. The number of rotatable bonds is 3. The zero-order valence-electron chi connectivity index (χ0n) is 11.3. The summed E-state index contributed by atoms with van der Waals surface area (Å²) in [6.45, 7) is 3.58. The van der Waals surface area contributed by atoms with Crippen molar-refractivity contribution in [3.05, 3.63) is 65.2 Å². The molecule has 0 aliphatic rings. The maximum atomic E-state index is 12.2. The lowest BCUT2D eigenvalue weighted by Crippen LogP contribution is -2.31. The van der Waals surface area contributed by atoms with Crippen LogP contribution in [0.4, 0.5) is 0 Å². The summed E-state index contributed by atoms with van der Waals surface area (Å²) >= 11 is 0. The molecular formula is C15H15NO3S. The first kappa shape index (κ1) is 14.3. The van der Waals surface area contributed by atoms with Crippen molar-refractivity contribution in [3.8, 4) is 0 Å². The van der Waals surface area contributed by atoms with Gasteiger partial charge in [0.2, 0.25) is 0 Å². The third-order valence-corrected chi connectivity index (χ3v) is 4.42. The quantitative estimate of drug-likeness (QED) is 0.944. The fraction of sp³-hybridized carbons (Fsp3) is 0.133. The molecular weight excluding hydrogens is 274 g/mol. The van der Waals surface area contributed by atoms with Crippen molar-refractivity contribution in [2.45, 2.75) is 18.7 Å². The minimum absolute atomic E-state index is 0.112. The Morgan fingerprint density at radius 1 is 0.950 bits per heavy atom. The number of nitrogens with one attached hydrogen (secondary N) is 1. The average Bonchev–Trinajstić information content (AvgIpc) is 2.39. The molecule has 0 aromatic heterocycles. The molecule has 0 fully saturated rings. The van der Waals surface area contributed by atoms with Crippen molar-refractivity contribution in [1.82, 2.24) is 4.72 Å². The fourth-order valence-corrected chi connectivity index (χ4v) is 3.02. The number of benzene rings is 2. The molecule has 0 saturated heterocycles. The number of carbonyl (C=O) groups is 1. The molecule has 0 bridgehead atoms. The van der Waals surface area contributed by atoms with Crippen LogP contribution in [0.15, 0.2) is 53.4 Å². The van der Waals surface area contributed by atoms with Crippen molar-refractivity contribution >= 4 is 15.9 Å². The van der Waals surface area contributed by atoms with Crippen LogP contribution in [0.1, 0.15) is 21.5 Å². The highest BCUT2D eigenvalue weighted by Crippen LogP contribution is 2.14. The van der Waals surface area contributed by atoms with Crippen LogP contribution < -0.4 is 4.72 Å². The van der Waals surface area contributed by atoms with Crippen molar-refractivity contribution in [1.29, 1.82) is 0 Å². The predicted octanol–water partition coefficient (Wildman–Crippen LogP) is 2.42. The molecule has 0 saturated carbocycles. The van der Waals surface area contributed by atoms with Gasteiger partial charge < -0.3 is 0 Å². The molecule has 20 heavy (non-hydrogen) atoms. The number of hydrogen-bond donors (Lipinski definition) is 1. The highest BCUT2D eigenvalue weighted by atomic mass is 32.2. The fourth-order valence-electron chi connectivity index (χ4n) is 1.80. The first-order valence-electron chi connectivity index (χ1n) is 6.09. The van der Waals surface area contributed by atoms with Crippen LogP contribution >= 0.6 is 0 Å². The summed E-state index contributed by atoms with van der Waals surface area (Å²) in [6, 6.07) is 13.2. The van der Waals surface area contributed by atoms with E-state index >= 15 is 0 Å². The van der Waals surface area contributed by atoms with Gasteiger partial charge in [0.15, 0.2) is 0 Å². The van der Waals surface area contributed by atoms with E-state index in [0.717, 1.165) is 5.56 Å². The van der Waals surface area contributed by atoms with Crippen LogP contribution in [-0.4, -0.2) is 14.3 Å². The maximum Gasteiger partial charge on any atom is 0.264 e. The Morgan fingerprint density at radius 3 is 2.15 bits per heavy atom. The lowest BCUT2D eigenvalue weighted by Gasteiger charge is -2.09. The Hall–Kier alpha value is -2.14. The third-order valence-electron chi connectivity index (χ3n) is 2.92. The van der Waals surface area contributed by atoms with E-state index < -0.39 is 15.9 Å². The largest absolute Gasteiger partial charge is 0.268 e. The molecule has 0 aliphatic heterocycles. The zero-order valence-corrected chi connectivity index (χ0v) is 12.1. The second-order valence-electron chi connectivity index (χ2n) is 4.57. The van der Waals surface area contributed by atoms with Crippen LogP contribution in [0.5, 0.6) is 0 Å². The molecule has 1 amide bonds. The van der Waals surface area contributed by atoms with Gasteiger partial charge in [0.1, 0.15) is 0 Å². The van der Waals surface area contributed by atoms with Gasteiger partial charge in [-0.05, 0) is 37.6 Å². The van der Waals surface area contributed by atoms with Gasteiger partial charge in [-0.25, -0.2) is 13.1 Å². The van der Waals surface area contributed by atoms with E-state index in [9.17, 15) is 13.2 Å². The maximum absolute atomic E-state index is 12.2. The van der Waals surface area contributed by atoms with E-state index in [4.69, 9.17) is 0 Å². The van der Waals surface area contributed by atoms with Crippen LogP contribution in [0, 0.1) is 13.8 Å². The molecule has 5 heteroatoms. The normalized spacial score (nSPS) is 11.1. The second kappa shape index (κ2) is 5.46. The number of hydrogen-bond acceptors (Lipinski definition) is 3. The third kappa shape index (κ3) is 3.05. The Kier molecular flexibility index (Phi) is 3.90. The smallest absolute Gasteiger partial charge is 0.264 e. The molecule has 104 valence electrons. The average molecular weight is 289 g/mol. The molecule has 0 radical (unpaired) electrons. The highest BCUT2D eigenvalue weighted by Gasteiger charge is 2.20. The molecule has 2 aromatic rings. The summed E-state index contributed by atoms with van der Waals surface area (Å²) < 4.78 is 26.4. The van der Waals surface area contributed by atoms with E-state index in [1.54, 1.807) is 49.4 Å². The van der Waals surface area contributed by atoms with Gasteiger partial charge in [0.05, 0.1) is 4.90 Å². The minimum Gasteiger partial charge on any atom is -0.268 e. The predicted molar refractivity (Wildman–Crippen MR) is 77.0 cm³/mol. The van der Waals surface area contributed by atoms with Gasteiger partial charge in [-0.3, -0.25) is 4.79 Å². The second-order valence-corrected chi connectivity index (χ2v) is 6.22. The lowest BCUT2D eigenvalue weighted by atomic mass is 10.1. The summed E-state index contributed by atoms with van der Waals surface area (Å²) in [5.74, 6) is -0.631. The molecule has 0 spiro atoms. The van der Waals surface area contributed by atoms with E-state index in [1.165, 1.54) is 6.07 Å². The van der Waals surface area contributed by atoms with Crippen molar-refractivity contribution < 1.29 is 13.2 Å². The summed E-state index contributed by atoms with van der Waals surface area (Å²) in [5, 5.41) is 0. The van der Waals surface area contributed by atoms with E-state index in [0.29, 0.717) is 11.1 Å². The summed E-state index contributed by atoms with van der Waals surface area (Å²) in [4.78, 5) is 12.1. The first-order chi connectivity index (χ1) is 9.40. The Morgan fingerprint density at radius 2 is 1.55 bits per heavy atom. The summed E-state index contributed by atoms with van der Waals surface area (Å²) in [7, 11) is -3.85. The van der Waals surface area contributed by atoms with Crippen LogP contribution in [0.25, 0.3) is 0 Å². The van der Waals surface area contributed by atoms with Crippen LogP contribution in [-0.2, 0) is 10.0 Å². The zero-order chi connectivity index (χ0) is 14.8. The minimum atomic E-state index is -3.85. The van der Waals surface area contributed by atoms with Crippen molar-refractivity contribution in [3.63, 3.8) is 0 Å². The molecule has 0 aliphatic carbocycles. The van der Waals surface area contributed by atoms with E-state index in [-0.39, 0.29) is 4.90 Å². The Bertz CT molecular complexity index is 734. The van der Waals surface area contributed by atoms with Crippen LogP contribution in [0.2, 0.25) is 0 Å². The molecule has 2 aromatic carbocycles. The number of carbonyl (C=O) groups excluding carboxylic acids is 1. The lowest BCUT2D eigenvalue weighted by molar-refractivity contribution is 0.0981. The van der Waals surface area contributed by atoms with Crippen molar-refractivity contribution in [2.24, 2.45) is 0 Å². The van der Waals surface area contributed by atoms with Crippen LogP contribution in [0.3, 0.4) is 0 Å². The molecule has 0 unspecified atom stereocenters. The summed E-state index contributed by atoms with van der Waals surface area (Å²) in [5.41, 5.74) is 1.91. The van der Waals surface area contributed by atoms with Gasteiger partial charge >= 0.3 is 0 Å². The molecule has 4 nitrogen and oxygen atoms in total. The first-order valence-corrected chi connectivity index (χ1v) is 7.58. The van der Waals surface area contributed by atoms with Gasteiger partial charge in [0.25, 0.3) is 15.9 Å². The standard InChI is InChI=1S/C15H15NO3S/c1-11-7-9-13(10-8-11)15(17)16-20(18,19)14-6-4-3-5-12(14)2/h3-10H,1-2H3,(H,16,17). The van der Waals surface area contributed by atoms with Gasteiger partial charge in [-0.2, -0.15) is 0 Å². The molecule has 2 rings (SSSR count). The Labute approximate surface area is 118 Å². The highest BCUT2D eigenvalue weighted by molar-refractivity contribution is 7.90. The monoisotopic (exact) mass is 289 g/mol. The number of sulfonamides is 1. The van der Waals surface area contributed by atoms with Crippen molar-refractivity contribution in [2.75, 3.05) is 0 Å². The number of aryl methyl sites for hydroxylation is 2. The molecule has 0 atom stereocenters. The SMILES string of the molecule is Cc1ccc(C(=O)NS(=O)(=O)c2ccccc2C)cc1. The van der Waals surface area contributed by atoms with Gasteiger partial charge in [-0.1, -0.05) is 35.9 Å². The Balaban J connectivity index is 2.27. The van der Waals surface area contributed by atoms with E-state index in [2.05, 4.69) is 4.72 Å². The topological polar surface area (TPSA) is 63.2 Å². The number of amides is 1. The van der Waals surface area contributed by atoms with E-state index in [1.807, 2.05) is 6.92 Å². The molecule has 0 heterocycles. The van der Waals surface area contributed by atoms with Gasteiger partial charge in [0, 0.05) is 5.56 Å². The molecule has 1 N–H and O–H groups in total.